The number of ether oxygens (including phenoxy) is 1. The number of hydrogen-bond donors (Lipinski definition) is 2. The van der Waals surface area contributed by atoms with Gasteiger partial charge in [-0.1, -0.05) is 0 Å². The molecule has 8 heteroatoms. The summed E-state index contributed by atoms with van der Waals surface area (Å²) in [5, 5.41) is 8.44. The molecule has 0 aromatic carbocycles. The van der Waals surface area contributed by atoms with Gasteiger partial charge in [-0.2, -0.15) is 17.4 Å². The molecule has 0 rings (SSSR count). The maximum Gasteiger partial charge on any atom is 0.304 e. The maximum absolute atomic E-state index is 11.6. The molecule has 2 N–H and O–H groups in total. The fraction of sp³-hybridized carbons (Fsp3) is 0.889. The van der Waals surface area contributed by atoms with Crippen LogP contribution in [0.1, 0.15) is 20.3 Å². The summed E-state index contributed by atoms with van der Waals surface area (Å²) in [6.07, 6.45) is -0.177. The number of aliphatic carboxylic acids is 1. The molecule has 0 saturated carbocycles. The molecule has 17 heavy (non-hydrogen) atoms. The average molecular weight is 268 g/mol. The van der Waals surface area contributed by atoms with Crippen LogP contribution in [0.25, 0.3) is 0 Å². The van der Waals surface area contributed by atoms with E-state index in [9.17, 15) is 13.2 Å². The standard InChI is InChI=1S/C9H20N2O5S/c1-8(2)16-7-5-10-17(14,15)11(3)6-4-9(12)13/h8,10H,4-7H2,1-3H3,(H,12,13). The van der Waals surface area contributed by atoms with E-state index in [1.165, 1.54) is 7.05 Å². The van der Waals surface area contributed by atoms with Crippen LogP contribution in [0.2, 0.25) is 0 Å². The zero-order chi connectivity index (χ0) is 13.5. The van der Waals surface area contributed by atoms with Gasteiger partial charge in [0.05, 0.1) is 19.1 Å². The van der Waals surface area contributed by atoms with E-state index < -0.39 is 16.2 Å². The minimum Gasteiger partial charge on any atom is -0.481 e. The predicted molar refractivity (Wildman–Crippen MR) is 62.9 cm³/mol. The van der Waals surface area contributed by atoms with Crippen molar-refractivity contribution in [3.63, 3.8) is 0 Å². The molecule has 0 bridgehead atoms. The maximum atomic E-state index is 11.6. The molecule has 0 aliphatic heterocycles. The van der Waals surface area contributed by atoms with E-state index in [0.29, 0.717) is 0 Å². The Kier molecular flexibility index (Phi) is 7.28. The van der Waals surface area contributed by atoms with Gasteiger partial charge in [-0.15, -0.1) is 0 Å². The molecule has 0 atom stereocenters. The van der Waals surface area contributed by atoms with Gasteiger partial charge in [0, 0.05) is 20.1 Å². The Balaban J connectivity index is 3.97. The highest BCUT2D eigenvalue weighted by Crippen LogP contribution is 1.96. The molecule has 0 aliphatic rings. The van der Waals surface area contributed by atoms with Crippen molar-refractivity contribution >= 4 is 16.2 Å². The summed E-state index contributed by atoms with van der Waals surface area (Å²) in [6, 6.07) is 0. The van der Waals surface area contributed by atoms with Crippen LogP contribution in [-0.2, 0) is 19.7 Å². The normalized spacial score (nSPS) is 12.3. The molecule has 0 aromatic heterocycles. The van der Waals surface area contributed by atoms with Crippen molar-refractivity contribution in [1.82, 2.24) is 9.03 Å². The molecule has 0 aliphatic carbocycles. The van der Waals surface area contributed by atoms with Crippen molar-refractivity contribution in [3.8, 4) is 0 Å². The fourth-order valence-electron chi connectivity index (χ4n) is 0.949. The third-order valence-electron chi connectivity index (χ3n) is 1.89. The van der Waals surface area contributed by atoms with E-state index in [-0.39, 0.29) is 32.2 Å². The third-order valence-corrected chi connectivity index (χ3v) is 3.46. The first-order valence-electron chi connectivity index (χ1n) is 5.30. The van der Waals surface area contributed by atoms with Crippen LogP contribution in [0.15, 0.2) is 0 Å². The van der Waals surface area contributed by atoms with Crippen LogP contribution < -0.4 is 4.72 Å². The highest BCUT2D eigenvalue weighted by Gasteiger charge is 2.17. The summed E-state index contributed by atoms with van der Waals surface area (Å²) in [6.45, 7) is 4.10. The van der Waals surface area contributed by atoms with Gasteiger partial charge in [0.1, 0.15) is 0 Å². The largest absolute Gasteiger partial charge is 0.481 e. The van der Waals surface area contributed by atoms with E-state index in [0.717, 1.165) is 4.31 Å². The molecule has 0 fully saturated rings. The van der Waals surface area contributed by atoms with E-state index in [1.54, 1.807) is 0 Å². The van der Waals surface area contributed by atoms with Crippen molar-refractivity contribution in [2.24, 2.45) is 0 Å². The average Bonchev–Trinajstić information content (AvgIpc) is 2.20. The van der Waals surface area contributed by atoms with Crippen molar-refractivity contribution in [2.45, 2.75) is 26.4 Å². The van der Waals surface area contributed by atoms with Gasteiger partial charge in [-0.25, -0.2) is 0 Å². The lowest BCUT2D eigenvalue weighted by Crippen LogP contribution is -2.40. The fourth-order valence-corrected chi connectivity index (χ4v) is 1.84. The van der Waals surface area contributed by atoms with E-state index in [4.69, 9.17) is 9.84 Å². The Hall–Kier alpha value is -0.700. The van der Waals surface area contributed by atoms with Crippen molar-refractivity contribution in [1.29, 1.82) is 0 Å². The Morgan fingerprint density at radius 3 is 2.53 bits per heavy atom. The summed E-state index contributed by atoms with van der Waals surface area (Å²) < 4.78 is 31.6. The summed E-state index contributed by atoms with van der Waals surface area (Å²) in [4.78, 5) is 10.3. The lowest BCUT2D eigenvalue weighted by atomic mass is 10.4. The molecule has 0 heterocycles. The molecule has 0 aromatic rings. The topological polar surface area (TPSA) is 95.9 Å². The van der Waals surface area contributed by atoms with Crippen molar-refractivity contribution in [3.05, 3.63) is 0 Å². The minimum absolute atomic E-state index is 0.0456. The number of hydrogen-bond acceptors (Lipinski definition) is 4. The summed E-state index contributed by atoms with van der Waals surface area (Å²) >= 11 is 0. The first-order valence-corrected chi connectivity index (χ1v) is 6.74. The molecule has 0 spiro atoms. The van der Waals surface area contributed by atoms with E-state index >= 15 is 0 Å². The second-order valence-electron chi connectivity index (χ2n) is 3.78. The quantitative estimate of drug-likeness (QED) is 0.557. The SMILES string of the molecule is CC(C)OCCNS(=O)(=O)N(C)CCC(=O)O. The lowest BCUT2D eigenvalue weighted by molar-refractivity contribution is -0.137. The van der Waals surface area contributed by atoms with Gasteiger partial charge in [-0.05, 0) is 13.8 Å². The number of carbonyl (C=O) groups is 1. The van der Waals surface area contributed by atoms with Gasteiger partial charge in [0.2, 0.25) is 0 Å². The van der Waals surface area contributed by atoms with Gasteiger partial charge in [-0.3, -0.25) is 4.79 Å². The first kappa shape index (κ1) is 16.3. The van der Waals surface area contributed by atoms with Crippen LogP contribution in [0.5, 0.6) is 0 Å². The molecule has 102 valence electrons. The Morgan fingerprint density at radius 2 is 2.06 bits per heavy atom. The second-order valence-corrected chi connectivity index (χ2v) is 5.65. The highest BCUT2D eigenvalue weighted by atomic mass is 32.2. The molecular weight excluding hydrogens is 248 g/mol. The molecular formula is C9H20N2O5S. The summed E-state index contributed by atoms with van der Waals surface area (Å²) in [5.41, 5.74) is 0. The lowest BCUT2D eigenvalue weighted by Gasteiger charge is -2.17. The van der Waals surface area contributed by atoms with Crippen molar-refractivity contribution < 1.29 is 23.1 Å². The van der Waals surface area contributed by atoms with Crippen LogP contribution in [0.4, 0.5) is 0 Å². The van der Waals surface area contributed by atoms with Crippen molar-refractivity contribution in [2.75, 3.05) is 26.7 Å². The van der Waals surface area contributed by atoms with Crippen LogP contribution in [-0.4, -0.2) is 56.6 Å². The van der Waals surface area contributed by atoms with Gasteiger partial charge in [0.25, 0.3) is 10.2 Å². The number of carboxylic acid groups (broad SMARTS) is 1. The predicted octanol–water partition coefficient (Wildman–Crippen LogP) is -0.348. The zero-order valence-electron chi connectivity index (χ0n) is 10.3. The van der Waals surface area contributed by atoms with Gasteiger partial charge in [0.15, 0.2) is 0 Å². The molecule has 0 radical (unpaired) electrons. The Bertz CT molecular complexity index is 328. The van der Waals surface area contributed by atoms with Crippen LogP contribution in [0, 0.1) is 0 Å². The first-order chi connectivity index (χ1) is 7.75. The molecule has 0 unspecified atom stereocenters. The highest BCUT2D eigenvalue weighted by molar-refractivity contribution is 7.87. The number of carboxylic acids is 1. The number of nitrogens with zero attached hydrogens (tertiary/aromatic N) is 1. The molecule has 0 amide bonds. The minimum atomic E-state index is -3.61. The number of nitrogens with one attached hydrogen (secondary N) is 1. The Labute approximate surface area is 102 Å². The molecule has 0 saturated heterocycles. The van der Waals surface area contributed by atoms with Gasteiger partial charge >= 0.3 is 5.97 Å². The summed E-state index contributed by atoms with van der Waals surface area (Å²) in [7, 11) is -2.29. The number of rotatable bonds is 9. The van der Waals surface area contributed by atoms with E-state index in [1.807, 2.05) is 13.8 Å². The van der Waals surface area contributed by atoms with E-state index in [2.05, 4.69) is 4.72 Å². The molecule has 7 nitrogen and oxygen atoms in total. The Morgan fingerprint density at radius 1 is 1.47 bits per heavy atom. The third kappa shape index (κ3) is 8.08. The smallest absolute Gasteiger partial charge is 0.304 e. The van der Waals surface area contributed by atoms with Crippen LogP contribution in [0.3, 0.4) is 0 Å². The van der Waals surface area contributed by atoms with Gasteiger partial charge < -0.3 is 9.84 Å². The second kappa shape index (κ2) is 7.59. The summed E-state index contributed by atoms with van der Waals surface area (Å²) in [5.74, 6) is -1.03. The van der Waals surface area contributed by atoms with Crippen LogP contribution >= 0.6 is 0 Å². The zero-order valence-corrected chi connectivity index (χ0v) is 11.2. The monoisotopic (exact) mass is 268 g/mol.